The van der Waals surface area contributed by atoms with Gasteiger partial charge in [-0.25, -0.2) is 4.98 Å². The summed E-state index contributed by atoms with van der Waals surface area (Å²) in [5.74, 6) is -0.330. The number of hydrogen-bond donors (Lipinski definition) is 2. The highest BCUT2D eigenvalue weighted by molar-refractivity contribution is 6.04. The van der Waals surface area contributed by atoms with E-state index in [1.54, 1.807) is 24.3 Å². The van der Waals surface area contributed by atoms with Gasteiger partial charge in [0.2, 0.25) is 0 Å². The fourth-order valence-corrected chi connectivity index (χ4v) is 4.71. The molecule has 0 unspecified atom stereocenters. The van der Waals surface area contributed by atoms with Crippen LogP contribution in [-0.4, -0.2) is 37.0 Å². The van der Waals surface area contributed by atoms with Crippen molar-refractivity contribution in [2.45, 2.75) is 50.7 Å². The van der Waals surface area contributed by atoms with E-state index in [9.17, 15) is 14.7 Å². The average Bonchev–Trinajstić information content (AvgIpc) is 3.34. The Hall–Kier alpha value is -4.48. The SMILES string of the molecule is C[C@]1([C@H](O)c2ccccc2)CC(c2ccc3c(=O)n(C4=C=C=CC=C4)c(CCCCC(=O)O)nc3c2)=NO1. The lowest BCUT2D eigenvalue weighted by Crippen LogP contribution is -2.33. The van der Waals surface area contributed by atoms with Gasteiger partial charge in [0.25, 0.3) is 5.56 Å². The first-order valence-corrected chi connectivity index (χ1v) is 12.5. The van der Waals surface area contributed by atoms with Gasteiger partial charge < -0.3 is 15.1 Å². The molecule has 0 saturated carbocycles. The van der Waals surface area contributed by atoms with E-state index in [0.717, 1.165) is 11.1 Å². The molecule has 5 rings (SSSR count). The molecule has 0 fully saturated rings. The number of aliphatic hydroxyl groups excluding tert-OH is 1. The number of benzene rings is 2. The maximum atomic E-state index is 13.6. The second-order valence-corrected chi connectivity index (χ2v) is 9.61. The Morgan fingerprint density at radius 1 is 1.21 bits per heavy atom. The third-order valence-electron chi connectivity index (χ3n) is 6.76. The van der Waals surface area contributed by atoms with Gasteiger partial charge in [-0.1, -0.05) is 53.4 Å². The molecule has 8 heteroatoms. The number of aliphatic hydroxyl groups is 1. The minimum absolute atomic E-state index is 0.0562. The minimum Gasteiger partial charge on any atom is -0.481 e. The first-order valence-electron chi connectivity index (χ1n) is 12.5. The zero-order valence-electron chi connectivity index (χ0n) is 20.9. The molecule has 192 valence electrons. The molecule has 38 heavy (non-hydrogen) atoms. The van der Waals surface area contributed by atoms with Gasteiger partial charge in [0, 0.05) is 24.8 Å². The number of aryl methyl sites for hydroxylation is 1. The topological polar surface area (TPSA) is 114 Å². The van der Waals surface area contributed by atoms with E-state index in [1.807, 2.05) is 49.4 Å². The normalized spacial score (nSPS) is 18.8. The van der Waals surface area contributed by atoms with Crippen molar-refractivity contribution in [3.05, 3.63) is 106 Å². The van der Waals surface area contributed by atoms with Gasteiger partial charge in [0.05, 0.1) is 16.6 Å². The van der Waals surface area contributed by atoms with Crippen molar-refractivity contribution in [3.8, 4) is 0 Å². The first-order chi connectivity index (χ1) is 18.4. The molecule has 1 aliphatic heterocycles. The Kier molecular flexibility index (Phi) is 6.95. The van der Waals surface area contributed by atoms with Gasteiger partial charge in [-0.15, -0.1) is 0 Å². The molecular weight excluding hydrogens is 482 g/mol. The monoisotopic (exact) mass is 509 g/mol. The predicted octanol–water partition coefficient (Wildman–Crippen LogP) is 4.53. The van der Waals surface area contributed by atoms with Crippen LogP contribution < -0.4 is 5.56 Å². The van der Waals surface area contributed by atoms with Crippen LogP contribution in [0.4, 0.5) is 0 Å². The summed E-state index contributed by atoms with van der Waals surface area (Å²) in [5.41, 5.74) is 7.88. The number of carboxylic acids is 1. The van der Waals surface area contributed by atoms with Crippen LogP contribution in [0.25, 0.3) is 16.6 Å². The van der Waals surface area contributed by atoms with Gasteiger partial charge >= 0.3 is 5.97 Å². The first kappa shape index (κ1) is 25.2. The molecule has 2 N–H and O–H groups in total. The number of aliphatic carboxylic acids is 1. The summed E-state index contributed by atoms with van der Waals surface area (Å²) in [4.78, 5) is 35.1. The summed E-state index contributed by atoms with van der Waals surface area (Å²) in [6.45, 7) is 1.82. The molecule has 2 aliphatic rings. The molecule has 1 aliphatic carbocycles. The molecule has 2 heterocycles. The zero-order chi connectivity index (χ0) is 26.7. The second-order valence-electron chi connectivity index (χ2n) is 9.61. The van der Waals surface area contributed by atoms with E-state index in [-0.39, 0.29) is 12.0 Å². The molecule has 3 aromatic rings. The molecule has 0 saturated heterocycles. The smallest absolute Gasteiger partial charge is 0.303 e. The van der Waals surface area contributed by atoms with Crippen LogP contribution in [0.5, 0.6) is 0 Å². The van der Waals surface area contributed by atoms with Crippen LogP contribution in [0.2, 0.25) is 0 Å². The highest BCUT2D eigenvalue weighted by Gasteiger charge is 2.42. The molecular formula is C30H27N3O5. The number of nitrogens with zero attached hydrogens (tertiary/aromatic N) is 3. The maximum absolute atomic E-state index is 13.6. The summed E-state index contributed by atoms with van der Waals surface area (Å²) in [5, 5.41) is 24.7. The summed E-state index contributed by atoms with van der Waals surface area (Å²) in [6.07, 6.45) is 6.28. The quantitative estimate of drug-likeness (QED) is 0.324. The highest BCUT2D eigenvalue weighted by atomic mass is 16.7. The third kappa shape index (κ3) is 5.01. The number of unbranched alkanes of at least 4 members (excludes halogenated alkanes) is 1. The fraction of sp³-hybridized carbons (Fsp3) is 0.267. The van der Waals surface area contributed by atoms with Crippen LogP contribution in [0.3, 0.4) is 0 Å². The maximum Gasteiger partial charge on any atom is 0.303 e. The van der Waals surface area contributed by atoms with E-state index >= 15 is 0 Å². The van der Waals surface area contributed by atoms with Crippen LogP contribution >= 0.6 is 0 Å². The number of rotatable bonds is 9. The summed E-state index contributed by atoms with van der Waals surface area (Å²) < 4.78 is 1.52. The van der Waals surface area contributed by atoms with Crippen molar-refractivity contribution in [2.24, 2.45) is 5.16 Å². The van der Waals surface area contributed by atoms with Gasteiger partial charge in [-0.2, -0.15) is 0 Å². The minimum atomic E-state index is -0.933. The van der Waals surface area contributed by atoms with E-state index in [2.05, 4.69) is 16.6 Å². The summed E-state index contributed by atoms with van der Waals surface area (Å²) in [7, 11) is 0. The number of fused-ring (bicyclic) bond motifs is 1. The molecule has 0 amide bonds. The van der Waals surface area contributed by atoms with Crippen LogP contribution in [-0.2, 0) is 16.1 Å². The average molecular weight is 510 g/mol. The van der Waals surface area contributed by atoms with E-state index < -0.39 is 17.7 Å². The number of carbonyl (C=O) groups is 1. The molecule has 1 aromatic heterocycles. The lowest BCUT2D eigenvalue weighted by atomic mass is 9.87. The fourth-order valence-electron chi connectivity index (χ4n) is 4.71. The number of aromatic nitrogens is 2. The number of allylic oxidation sites excluding steroid dienone is 4. The highest BCUT2D eigenvalue weighted by Crippen LogP contribution is 2.37. The Morgan fingerprint density at radius 2 is 2.03 bits per heavy atom. The molecule has 2 atom stereocenters. The van der Waals surface area contributed by atoms with Crippen molar-refractivity contribution in [1.82, 2.24) is 9.55 Å². The van der Waals surface area contributed by atoms with Crippen LogP contribution in [0.1, 0.15) is 55.7 Å². The van der Waals surface area contributed by atoms with Crippen LogP contribution in [0, 0.1) is 0 Å². The predicted molar refractivity (Wildman–Crippen MR) is 144 cm³/mol. The van der Waals surface area contributed by atoms with Gasteiger partial charge in [-0.3, -0.25) is 14.2 Å². The molecule has 8 nitrogen and oxygen atoms in total. The summed E-state index contributed by atoms with van der Waals surface area (Å²) in [6, 6.07) is 14.7. The number of hydrogen-bond acceptors (Lipinski definition) is 6. The lowest BCUT2D eigenvalue weighted by molar-refractivity contribution is -0.137. The van der Waals surface area contributed by atoms with E-state index in [0.29, 0.717) is 53.8 Å². The third-order valence-corrected chi connectivity index (χ3v) is 6.76. The van der Waals surface area contributed by atoms with Crippen molar-refractivity contribution in [2.75, 3.05) is 0 Å². The summed E-state index contributed by atoms with van der Waals surface area (Å²) >= 11 is 0. The molecule has 0 radical (unpaired) electrons. The Labute approximate surface area is 219 Å². The van der Waals surface area contributed by atoms with Crippen LogP contribution in [0.15, 0.2) is 88.2 Å². The zero-order valence-corrected chi connectivity index (χ0v) is 20.9. The Morgan fingerprint density at radius 3 is 2.76 bits per heavy atom. The Balaban J connectivity index is 1.48. The Bertz CT molecular complexity index is 1620. The number of oxime groups is 1. The standard InChI is InChI=1S/C30H27N3O5/c1-30(28(36)20-10-4-2-5-11-20)19-25(32-38-30)21-16-17-23-24(18-21)31-26(14-8-9-15-27(34)35)33(29(23)37)22-12-6-3-7-13-22/h2-6,10-12,16-18,28,36H,8-9,14-15,19H2,1H3,(H,34,35)/t28-,30-/m1/s1. The van der Waals surface area contributed by atoms with Crippen molar-refractivity contribution in [1.29, 1.82) is 0 Å². The van der Waals surface area contributed by atoms with E-state index in [1.165, 1.54) is 4.57 Å². The molecule has 0 spiro atoms. The largest absolute Gasteiger partial charge is 0.481 e. The molecule has 0 bridgehead atoms. The number of carboxylic acid groups (broad SMARTS) is 1. The van der Waals surface area contributed by atoms with Crippen molar-refractivity contribution in [3.63, 3.8) is 0 Å². The second kappa shape index (κ2) is 10.5. The molecule has 2 aromatic carbocycles. The van der Waals surface area contributed by atoms with Gasteiger partial charge in [0.15, 0.2) is 5.60 Å². The van der Waals surface area contributed by atoms with Gasteiger partial charge in [-0.05, 0) is 55.3 Å². The van der Waals surface area contributed by atoms with E-state index in [4.69, 9.17) is 14.9 Å². The van der Waals surface area contributed by atoms with Crippen molar-refractivity contribution >= 4 is 28.3 Å². The van der Waals surface area contributed by atoms with Gasteiger partial charge in [0.1, 0.15) is 17.6 Å². The lowest BCUT2D eigenvalue weighted by Gasteiger charge is -2.27. The van der Waals surface area contributed by atoms with Crippen molar-refractivity contribution < 1.29 is 19.8 Å².